The molecule has 17 heavy (non-hydrogen) atoms. The Hall–Kier alpha value is -0.0400. The molecule has 0 saturated heterocycles. The molecule has 0 radical (unpaired) electrons. The van der Waals surface area contributed by atoms with Crippen molar-refractivity contribution in [2.24, 2.45) is 23.7 Å². The second-order valence-corrected chi connectivity index (χ2v) is 6.32. The first-order valence-corrected chi connectivity index (χ1v) is 8.07. The first kappa shape index (κ1) is 13.4. The number of hydrogen-bond donors (Lipinski definition) is 1. The predicted molar refractivity (Wildman–Crippen MR) is 75.1 cm³/mol. The van der Waals surface area contributed by atoms with Crippen LogP contribution in [0.3, 0.4) is 0 Å². The second kappa shape index (κ2) is 6.78. The van der Waals surface area contributed by atoms with E-state index in [2.05, 4.69) is 19.2 Å². The fraction of sp³-hybridized carbons (Fsp3) is 1.00. The first-order chi connectivity index (χ1) is 8.36. The van der Waals surface area contributed by atoms with Crippen LogP contribution in [0.2, 0.25) is 0 Å². The lowest BCUT2D eigenvalue weighted by Crippen LogP contribution is -2.42. The summed E-state index contributed by atoms with van der Waals surface area (Å²) in [5.74, 6) is 4.22. The van der Waals surface area contributed by atoms with Crippen LogP contribution in [0.15, 0.2) is 0 Å². The summed E-state index contributed by atoms with van der Waals surface area (Å²) >= 11 is 0. The second-order valence-electron chi connectivity index (χ2n) is 6.32. The molecule has 2 rings (SSSR count). The zero-order chi connectivity index (χ0) is 12.1. The molecule has 0 aromatic heterocycles. The molecule has 4 atom stereocenters. The molecule has 0 heterocycles. The van der Waals surface area contributed by atoms with Gasteiger partial charge in [-0.3, -0.25) is 0 Å². The van der Waals surface area contributed by atoms with E-state index in [4.69, 9.17) is 0 Å². The largest absolute Gasteiger partial charge is 0.316 e. The fourth-order valence-electron chi connectivity index (χ4n) is 4.18. The van der Waals surface area contributed by atoms with E-state index in [-0.39, 0.29) is 0 Å². The topological polar surface area (TPSA) is 12.0 Å². The molecule has 0 spiro atoms. The van der Waals surface area contributed by atoms with E-state index in [0.717, 1.165) is 23.7 Å². The Bertz CT molecular complexity index is 214. The maximum Gasteiger partial charge on any atom is -0.00178 e. The van der Waals surface area contributed by atoms with Gasteiger partial charge in [0.1, 0.15) is 0 Å². The highest BCUT2D eigenvalue weighted by Crippen LogP contribution is 2.48. The summed E-state index contributed by atoms with van der Waals surface area (Å²) in [5.41, 5.74) is 0. The van der Waals surface area contributed by atoms with Crippen molar-refractivity contribution in [2.75, 3.05) is 13.1 Å². The molecule has 2 fully saturated rings. The molecule has 0 amide bonds. The Morgan fingerprint density at radius 2 is 1.65 bits per heavy atom. The van der Waals surface area contributed by atoms with Crippen molar-refractivity contribution in [3.63, 3.8) is 0 Å². The molecular formula is C16H31N. The van der Waals surface area contributed by atoms with E-state index < -0.39 is 0 Å². The van der Waals surface area contributed by atoms with Crippen LogP contribution < -0.4 is 5.32 Å². The van der Waals surface area contributed by atoms with Crippen LogP contribution in [0.5, 0.6) is 0 Å². The molecule has 2 aliphatic rings. The van der Waals surface area contributed by atoms with Gasteiger partial charge in [0, 0.05) is 0 Å². The maximum atomic E-state index is 3.64. The molecule has 0 aromatic carbocycles. The summed E-state index contributed by atoms with van der Waals surface area (Å²) in [6, 6.07) is 0. The normalized spacial score (nSPS) is 37.8. The Kier molecular flexibility index (Phi) is 5.34. The van der Waals surface area contributed by atoms with Crippen LogP contribution in [0.1, 0.15) is 65.2 Å². The van der Waals surface area contributed by atoms with E-state index in [0.29, 0.717) is 0 Å². The molecule has 2 saturated carbocycles. The molecule has 0 bridgehead atoms. The molecular weight excluding hydrogens is 206 g/mol. The van der Waals surface area contributed by atoms with Gasteiger partial charge in [-0.1, -0.05) is 39.5 Å². The highest BCUT2D eigenvalue weighted by molar-refractivity contribution is 4.91. The zero-order valence-corrected chi connectivity index (χ0v) is 11.9. The fourth-order valence-corrected chi connectivity index (χ4v) is 4.18. The number of rotatable bonds is 6. The minimum Gasteiger partial charge on any atom is -0.316 e. The van der Waals surface area contributed by atoms with Gasteiger partial charge in [0.25, 0.3) is 0 Å². The predicted octanol–water partition coefficient (Wildman–Crippen LogP) is 4.23. The number of hydrogen-bond acceptors (Lipinski definition) is 1. The third-order valence-corrected chi connectivity index (χ3v) is 5.35. The van der Waals surface area contributed by atoms with Gasteiger partial charge in [0.2, 0.25) is 0 Å². The third-order valence-electron chi connectivity index (χ3n) is 5.35. The Labute approximate surface area is 108 Å². The van der Waals surface area contributed by atoms with Crippen molar-refractivity contribution in [1.82, 2.24) is 5.32 Å². The van der Waals surface area contributed by atoms with Crippen LogP contribution >= 0.6 is 0 Å². The SMILES string of the molecule is CCCNCC1CCC1C1CCCCC1CC. The van der Waals surface area contributed by atoms with Crippen LogP contribution in [0.4, 0.5) is 0 Å². The smallest absolute Gasteiger partial charge is 0.00178 e. The summed E-state index contributed by atoms with van der Waals surface area (Å²) in [4.78, 5) is 0. The average Bonchev–Trinajstić information content (AvgIpc) is 2.34. The van der Waals surface area contributed by atoms with E-state index in [1.54, 1.807) is 0 Å². The highest BCUT2D eigenvalue weighted by atomic mass is 14.9. The number of nitrogens with one attached hydrogen (secondary N) is 1. The lowest BCUT2D eigenvalue weighted by molar-refractivity contribution is 0.0395. The average molecular weight is 237 g/mol. The molecule has 1 N–H and O–H groups in total. The van der Waals surface area contributed by atoms with Crippen LogP contribution in [-0.4, -0.2) is 13.1 Å². The van der Waals surface area contributed by atoms with Gasteiger partial charge in [-0.2, -0.15) is 0 Å². The zero-order valence-electron chi connectivity index (χ0n) is 11.9. The van der Waals surface area contributed by atoms with Gasteiger partial charge in [-0.05, 0) is 62.4 Å². The summed E-state index contributed by atoms with van der Waals surface area (Å²) in [5, 5.41) is 3.64. The Balaban J connectivity index is 1.79. The minimum absolute atomic E-state index is 1.01. The van der Waals surface area contributed by atoms with Gasteiger partial charge >= 0.3 is 0 Å². The molecule has 2 aliphatic carbocycles. The molecule has 1 nitrogen and oxygen atoms in total. The van der Waals surface area contributed by atoms with Gasteiger partial charge in [0.15, 0.2) is 0 Å². The van der Waals surface area contributed by atoms with Crippen molar-refractivity contribution in [2.45, 2.75) is 65.2 Å². The van der Waals surface area contributed by atoms with Crippen molar-refractivity contribution >= 4 is 0 Å². The van der Waals surface area contributed by atoms with E-state index >= 15 is 0 Å². The highest BCUT2D eigenvalue weighted by Gasteiger charge is 2.40. The summed E-state index contributed by atoms with van der Waals surface area (Å²) in [7, 11) is 0. The first-order valence-electron chi connectivity index (χ1n) is 8.07. The third kappa shape index (κ3) is 3.24. The van der Waals surface area contributed by atoms with Gasteiger partial charge in [-0.25, -0.2) is 0 Å². The quantitative estimate of drug-likeness (QED) is 0.682. The molecule has 1 heteroatoms. The van der Waals surface area contributed by atoms with Gasteiger partial charge in [-0.15, -0.1) is 0 Å². The molecule has 4 unspecified atom stereocenters. The monoisotopic (exact) mass is 237 g/mol. The lowest BCUT2D eigenvalue weighted by Gasteiger charge is -2.47. The molecule has 100 valence electrons. The standard InChI is InChI=1S/C16H31N/c1-3-11-17-12-14-9-10-16(14)15-8-6-5-7-13(15)4-2/h13-17H,3-12H2,1-2H3. The minimum atomic E-state index is 1.01. The molecule has 0 aliphatic heterocycles. The van der Waals surface area contributed by atoms with Crippen molar-refractivity contribution in [3.05, 3.63) is 0 Å². The van der Waals surface area contributed by atoms with Crippen LogP contribution in [0, 0.1) is 23.7 Å². The van der Waals surface area contributed by atoms with E-state index in [1.165, 1.54) is 64.5 Å². The Morgan fingerprint density at radius 1 is 0.882 bits per heavy atom. The van der Waals surface area contributed by atoms with Gasteiger partial charge in [0.05, 0.1) is 0 Å². The van der Waals surface area contributed by atoms with E-state index in [9.17, 15) is 0 Å². The van der Waals surface area contributed by atoms with E-state index in [1.807, 2.05) is 0 Å². The van der Waals surface area contributed by atoms with Gasteiger partial charge < -0.3 is 5.32 Å². The maximum absolute atomic E-state index is 3.64. The van der Waals surface area contributed by atoms with Crippen molar-refractivity contribution < 1.29 is 0 Å². The van der Waals surface area contributed by atoms with Crippen molar-refractivity contribution in [3.8, 4) is 0 Å². The molecule has 0 aromatic rings. The summed E-state index contributed by atoms with van der Waals surface area (Å²) in [6.07, 6.45) is 11.8. The van der Waals surface area contributed by atoms with Crippen molar-refractivity contribution in [1.29, 1.82) is 0 Å². The summed E-state index contributed by atoms with van der Waals surface area (Å²) in [6.45, 7) is 7.18. The summed E-state index contributed by atoms with van der Waals surface area (Å²) < 4.78 is 0. The lowest BCUT2D eigenvalue weighted by atomic mass is 9.59. The van der Waals surface area contributed by atoms with Crippen LogP contribution in [-0.2, 0) is 0 Å². The van der Waals surface area contributed by atoms with Crippen LogP contribution in [0.25, 0.3) is 0 Å². The Morgan fingerprint density at radius 3 is 2.29 bits per heavy atom.